The molecule has 6 rings (SSSR count). The number of amides is 1. The van der Waals surface area contributed by atoms with E-state index in [2.05, 4.69) is 39.1 Å². The molecule has 1 amide bonds. The van der Waals surface area contributed by atoms with Crippen LogP contribution in [0, 0.1) is 0 Å². The molecule has 0 radical (unpaired) electrons. The number of H-pyrrole nitrogens is 1. The van der Waals surface area contributed by atoms with Gasteiger partial charge in [-0.1, -0.05) is 24.3 Å². The smallest absolute Gasteiger partial charge is 0.227 e. The third kappa shape index (κ3) is 5.47. The lowest BCUT2D eigenvalue weighted by Gasteiger charge is -2.32. The van der Waals surface area contributed by atoms with Crippen LogP contribution in [0.25, 0.3) is 10.9 Å². The first-order valence-corrected chi connectivity index (χ1v) is 13.1. The highest BCUT2D eigenvalue weighted by molar-refractivity contribution is 5.89. The number of ether oxygens (including phenoxy) is 2. The summed E-state index contributed by atoms with van der Waals surface area (Å²) in [5.41, 5.74) is 4.43. The molecule has 2 aromatic heterocycles. The number of likely N-dealkylation sites (tertiary alicyclic amines) is 1. The maximum absolute atomic E-state index is 13.3. The zero-order valence-corrected chi connectivity index (χ0v) is 20.9. The molecule has 7 heteroatoms. The summed E-state index contributed by atoms with van der Waals surface area (Å²) in [6.45, 7) is 4.55. The summed E-state index contributed by atoms with van der Waals surface area (Å²) in [4.78, 5) is 25.1. The SMILES string of the molecule is O=C(Cc1c[nH]c2ccccc12)N1CCOc2ccc(CN3CCC(Oc4cccnc4)CC3)cc2C1. The predicted molar refractivity (Wildman–Crippen MR) is 143 cm³/mol. The molecule has 0 bridgehead atoms. The number of nitrogens with one attached hydrogen (secondary N) is 1. The van der Waals surface area contributed by atoms with Gasteiger partial charge in [-0.2, -0.15) is 0 Å². The van der Waals surface area contributed by atoms with Gasteiger partial charge in [0.25, 0.3) is 0 Å². The Hall–Kier alpha value is -3.84. The number of carbonyl (C=O) groups excluding carboxylic acids is 1. The lowest BCUT2D eigenvalue weighted by atomic mass is 10.0. The number of hydrogen-bond acceptors (Lipinski definition) is 5. The molecule has 2 aromatic carbocycles. The second-order valence-electron chi connectivity index (χ2n) is 9.92. The van der Waals surface area contributed by atoms with Crippen molar-refractivity contribution >= 4 is 16.8 Å². The fraction of sp³-hybridized carbons (Fsp3) is 0.333. The van der Waals surface area contributed by atoms with Gasteiger partial charge in [0.1, 0.15) is 24.2 Å². The molecule has 1 saturated heterocycles. The molecule has 0 aliphatic carbocycles. The molecule has 0 unspecified atom stereocenters. The van der Waals surface area contributed by atoms with E-state index >= 15 is 0 Å². The van der Waals surface area contributed by atoms with Crippen LogP contribution in [0.2, 0.25) is 0 Å². The Labute approximate surface area is 217 Å². The van der Waals surface area contributed by atoms with E-state index in [9.17, 15) is 4.79 Å². The van der Waals surface area contributed by atoms with Crippen molar-refractivity contribution in [3.05, 3.63) is 89.9 Å². The maximum Gasteiger partial charge on any atom is 0.227 e. The fourth-order valence-corrected chi connectivity index (χ4v) is 5.36. The molecule has 2 aliphatic rings. The Balaban J connectivity index is 1.07. The average Bonchev–Trinajstić information content (AvgIpc) is 3.20. The highest BCUT2D eigenvalue weighted by atomic mass is 16.5. The molecular formula is C30H32N4O3. The summed E-state index contributed by atoms with van der Waals surface area (Å²) >= 11 is 0. The van der Waals surface area contributed by atoms with E-state index in [0.29, 0.717) is 26.1 Å². The zero-order valence-electron chi connectivity index (χ0n) is 20.9. The molecule has 1 N–H and O–H groups in total. The van der Waals surface area contributed by atoms with Crippen LogP contribution >= 0.6 is 0 Å². The molecule has 1 fully saturated rings. The number of carbonyl (C=O) groups is 1. The number of benzene rings is 2. The van der Waals surface area contributed by atoms with Crippen LogP contribution in [-0.2, 0) is 24.3 Å². The van der Waals surface area contributed by atoms with E-state index < -0.39 is 0 Å². The summed E-state index contributed by atoms with van der Waals surface area (Å²) in [6, 6.07) is 18.4. The lowest BCUT2D eigenvalue weighted by Crippen LogP contribution is -2.37. The van der Waals surface area contributed by atoms with Crippen molar-refractivity contribution < 1.29 is 14.3 Å². The van der Waals surface area contributed by atoms with Crippen molar-refractivity contribution in [1.29, 1.82) is 0 Å². The van der Waals surface area contributed by atoms with Gasteiger partial charge in [-0.05, 0) is 54.3 Å². The van der Waals surface area contributed by atoms with Gasteiger partial charge < -0.3 is 19.4 Å². The Morgan fingerprint density at radius 2 is 1.97 bits per heavy atom. The summed E-state index contributed by atoms with van der Waals surface area (Å²) < 4.78 is 12.1. The number of rotatable bonds is 6. The Morgan fingerprint density at radius 3 is 2.84 bits per heavy atom. The van der Waals surface area contributed by atoms with Crippen LogP contribution in [0.3, 0.4) is 0 Å². The molecule has 4 aromatic rings. The van der Waals surface area contributed by atoms with E-state index in [1.54, 1.807) is 12.4 Å². The van der Waals surface area contributed by atoms with Crippen LogP contribution in [0.5, 0.6) is 11.5 Å². The number of nitrogens with zero attached hydrogens (tertiary/aromatic N) is 3. The van der Waals surface area contributed by atoms with Crippen molar-refractivity contribution in [2.45, 2.75) is 38.5 Å². The van der Waals surface area contributed by atoms with Gasteiger partial charge in [0.2, 0.25) is 5.91 Å². The first-order chi connectivity index (χ1) is 18.2. The summed E-state index contributed by atoms with van der Waals surface area (Å²) in [5.74, 6) is 1.85. The molecule has 190 valence electrons. The van der Waals surface area contributed by atoms with Gasteiger partial charge in [0.05, 0.1) is 19.2 Å². The quantitative estimate of drug-likeness (QED) is 0.424. The number of piperidine rings is 1. The highest BCUT2D eigenvalue weighted by Gasteiger charge is 2.23. The van der Waals surface area contributed by atoms with Crippen molar-refractivity contribution in [2.24, 2.45) is 0 Å². The third-order valence-electron chi connectivity index (χ3n) is 7.35. The van der Waals surface area contributed by atoms with E-state index in [4.69, 9.17) is 9.47 Å². The summed E-state index contributed by atoms with van der Waals surface area (Å²) in [6.07, 6.45) is 8.11. The zero-order chi connectivity index (χ0) is 25.0. The van der Waals surface area contributed by atoms with Crippen molar-refractivity contribution in [2.75, 3.05) is 26.2 Å². The Bertz CT molecular complexity index is 1360. The molecule has 0 atom stereocenters. The van der Waals surface area contributed by atoms with E-state index in [1.807, 2.05) is 41.4 Å². The highest BCUT2D eigenvalue weighted by Crippen LogP contribution is 2.27. The van der Waals surface area contributed by atoms with E-state index in [1.165, 1.54) is 5.56 Å². The Kier molecular flexibility index (Phi) is 6.78. The second-order valence-corrected chi connectivity index (χ2v) is 9.92. The standard InChI is InChI=1S/C30H32N4O3/c35-30(17-23-18-32-28-6-2-1-5-27(23)28)34-14-15-36-29-8-7-22(16-24(29)21-34)20-33-12-9-25(10-13-33)37-26-4-3-11-31-19-26/h1-8,11,16,18-19,25,32H,9-10,12-15,17,20-21H2. The largest absolute Gasteiger partial charge is 0.491 e. The number of pyridine rings is 1. The number of para-hydroxylation sites is 1. The van der Waals surface area contributed by atoms with Gasteiger partial charge in [-0.25, -0.2) is 0 Å². The number of aromatic amines is 1. The number of hydrogen-bond donors (Lipinski definition) is 1. The van der Waals surface area contributed by atoms with E-state index in [0.717, 1.165) is 66.0 Å². The maximum atomic E-state index is 13.3. The number of aromatic nitrogens is 2. The van der Waals surface area contributed by atoms with Crippen LogP contribution in [-0.4, -0.2) is 58.0 Å². The van der Waals surface area contributed by atoms with Crippen molar-refractivity contribution in [3.8, 4) is 11.5 Å². The minimum Gasteiger partial charge on any atom is -0.491 e. The normalized spacial score (nSPS) is 16.7. The van der Waals surface area contributed by atoms with Gasteiger partial charge in [0, 0.05) is 55.0 Å². The summed E-state index contributed by atoms with van der Waals surface area (Å²) in [5, 5.41) is 1.11. The Morgan fingerprint density at radius 1 is 1.08 bits per heavy atom. The van der Waals surface area contributed by atoms with Gasteiger partial charge in [0.15, 0.2) is 0 Å². The molecule has 37 heavy (non-hydrogen) atoms. The van der Waals surface area contributed by atoms with Gasteiger partial charge >= 0.3 is 0 Å². The van der Waals surface area contributed by atoms with Crippen LogP contribution < -0.4 is 9.47 Å². The first-order valence-electron chi connectivity index (χ1n) is 13.1. The average molecular weight is 497 g/mol. The third-order valence-corrected chi connectivity index (χ3v) is 7.35. The van der Waals surface area contributed by atoms with Crippen molar-refractivity contribution in [3.63, 3.8) is 0 Å². The predicted octanol–water partition coefficient (Wildman–Crippen LogP) is 4.57. The molecular weight excluding hydrogens is 464 g/mol. The summed E-state index contributed by atoms with van der Waals surface area (Å²) in [7, 11) is 0. The molecule has 4 heterocycles. The van der Waals surface area contributed by atoms with Crippen LogP contribution in [0.4, 0.5) is 0 Å². The van der Waals surface area contributed by atoms with Crippen LogP contribution in [0.15, 0.2) is 73.2 Å². The monoisotopic (exact) mass is 496 g/mol. The van der Waals surface area contributed by atoms with Gasteiger partial charge in [-0.3, -0.25) is 14.7 Å². The minimum absolute atomic E-state index is 0.127. The van der Waals surface area contributed by atoms with Crippen molar-refractivity contribution in [1.82, 2.24) is 19.8 Å². The topological polar surface area (TPSA) is 70.7 Å². The molecule has 0 saturated carbocycles. The van der Waals surface area contributed by atoms with Gasteiger partial charge in [-0.15, -0.1) is 0 Å². The molecule has 2 aliphatic heterocycles. The number of fused-ring (bicyclic) bond motifs is 2. The first kappa shape index (κ1) is 23.6. The van der Waals surface area contributed by atoms with E-state index in [-0.39, 0.29) is 12.0 Å². The minimum atomic E-state index is 0.127. The molecule has 0 spiro atoms. The fourth-order valence-electron chi connectivity index (χ4n) is 5.36. The van der Waals surface area contributed by atoms with Crippen LogP contribution in [0.1, 0.15) is 29.5 Å². The second kappa shape index (κ2) is 10.6. The molecule has 7 nitrogen and oxygen atoms in total. The lowest BCUT2D eigenvalue weighted by molar-refractivity contribution is -0.131.